The minimum atomic E-state index is -0.461. The lowest BCUT2D eigenvalue weighted by atomic mass is 10.1. The molecule has 5 heteroatoms. The van der Waals surface area contributed by atoms with Gasteiger partial charge in [0, 0.05) is 17.1 Å². The van der Waals surface area contributed by atoms with E-state index in [2.05, 4.69) is 5.32 Å². The minimum Gasteiger partial charge on any atom is -0.472 e. The SMILES string of the molecule is O=C(Cc1c(F)cccc1Cl)NCCc1ccoc1. The summed E-state index contributed by atoms with van der Waals surface area (Å²) in [6.45, 7) is 0.477. The van der Waals surface area contributed by atoms with Crippen molar-refractivity contribution in [2.45, 2.75) is 12.8 Å². The molecule has 2 aromatic rings. The predicted octanol–water partition coefficient (Wildman–Crippen LogP) is 2.97. The Hall–Kier alpha value is -1.81. The van der Waals surface area contributed by atoms with E-state index in [0.29, 0.717) is 13.0 Å². The molecule has 3 nitrogen and oxygen atoms in total. The lowest BCUT2D eigenvalue weighted by Gasteiger charge is -2.07. The first-order valence-electron chi connectivity index (χ1n) is 5.87. The first kappa shape index (κ1) is 13.6. The molecule has 19 heavy (non-hydrogen) atoms. The van der Waals surface area contributed by atoms with Crippen molar-refractivity contribution in [1.82, 2.24) is 5.32 Å². The van der Waals surface area contributed by atoms with E-state index in [0.717, 1.165) is 5.56 Å². The molecule has 0 saturated carbocycles. The van der Waals surface area contributed by atoms with Crippen LogP contribution in [0.15, 0.2) is 41.2 Å². The number of hydrogen-bond donors (Lipinski definition) is 1. The van der Waals surface area contributed by atoms with Crippen LogP contribution in [-0.4, -0.2) is 12.5 Å². The van der Waals surface area contributed by atoms with E-state index in [-0.39, 0.29) is 22.9 Å². The molecule has 0 saturated heterocycles. The Kier molecular flexibility index (Phi) is 4.58. The van der Waals surface area contributed by atoms with E-state index in [4.69, 9.17) is 16.0 Å². The molecule has 0 aliphatic heterocycles. The van der Waals surface area contributed by atoms with Gasteiger partial charge >= 0.3 is 0 Å². The molecular formula is C14H13ClFNO2. The van der Waals surface area contributed by atoms with Crippen molar-refractivity contribution < 1.29 is 13.6 Å². The summed E-state index contributed by atoms with van der Waals surface area (Å²) in [6.07, 6.45) is 3.82. The Labute approximate surface area is 115 Å². The number of rotatable bonds is 5. The first-order valence-corrected chi connectivity index (χ1v) is 6.25. The Balaban J connectivity index is 1.84. The summed E-state index contributed by atoms with van der Waals surface area (Å²) >= 11 is 5.86. The highest BCUT2D eigenvalue weighted by atomic mass is 35.5. The summed E-state index contributed by atoms with van der Waals surface area (Å²) in [5, 5.41) is 2.99. The topological polar surface area (TPSA) is 42.2 Å². The molecule has 1 aromatic carbocycles. The average Bonchev–Trinajstić information content (AvgIpc) is 2.87. The maximum Gasteiger partial charge on any atom is 0.224 e. The van der Waals surface area contributed by atoms with Gasteiger partial charge in [-0.05, 0) is 30.2 Å². The Morgan fingerprint density at radius 3 is 2.89 bits per heavy atom. The fraction of sp³-hybridized carbons (Fsp3) is 0.214. The van der Waals surface area contributed by atoms with Crippen LogP contribution in [0.4, 0.5) is 4.39 Å². The molecule has 0 atom stereocenters. The quantitative estimate of drug-likeness (QED) is 0.915. The number of nitrogens with one attached hydrogen (secondary N) is 1. The molecule has 0 aliphatic rings. The summed E-state index contributed by atoms with van der Waals surface area (Å²) in [5.41, 5.74) is 1.23. The van der Waals surface area contributed by atoms with Crippen LogP contribution >= 0.6 is 11.6 Å². The van der Waals surface area contributed by atoms with Crippen LogP contribution < -0.4 is 5.32 Å². The number of benzene rings is 1. The molecule has 0 aliphatic carbocycles. The molecule has 1 heterocycles. The predicted molar refractivity (Wildman–Crippen MR) is 70.5 cm³/mol. The van der Waals surface area contributed by atoms with Gasteiger partial charge in [-0.1, -0.05) is 17.7 Å². The molecule has 0 radical (unpaired) electrons. The van der Waals surface area contributed by atoms with Crippen LogP contribution in [0.3, 0.4) is 0 Å². The minimum absolute atomic E-state index is 0.0586. The third kappa shape index (κ3) is 3.83. The zero-order valence-corrected chi connectivity index (χ0v) is 10.9. The fourth-order valence-corrected chi connectivity index (χ4v) is 1.94. The smallest absolute Gasteiger partial charge is 0.224 e. The number of carbonyl (C=O) groups excluding carboxylic acids is 1. The highest BCUT2D eigenvalue weighted by Gasteiger charge is 2.11. The third-order valence-corrected chi connectivity index (χ3v) is 3.07. The van der Waals surface area contributed by atoms with Crippen LogP contribution in [0.5, 0.6) is 0 Å². The molecule has 0 bridgehead atoms. The highest BCUT2D eigenvalue weighted by Crippen LogP contribution is 2.19. The van der Waals surface area contributed by atoms with Crippen molar-refractivity contribution in [3.63, 3.8) is 0 Å². The molecule has 0 spiro atoms. The van der Waals surface area contributed by atoms with E-state index in [9.17, 15) is 9.18 Å². The van der Waals surface area contributed by atoms with Crippen LogP contribution in [0, 0.1) is 5.82 Å². The van der Waals surface area contributed by atoms with Gasteiger partial charge in [0.2, 0.25) is 5.91 Å². The first-order chi connectivity index (χ1) is 9.16. The van der Waals surface area contributed by atoms with E-state index < -0.39 is 5.82 Å². The van der Waals surface area contributed by atoms with E-state index in [1.165, 1.54) is 12.1 Å². The summed E-state index contributed by atoms with van der Waals surface area (Å²) < 4.78 is 18.4. The Morgan fingerprint density at radius 2 is 2.21 bits per heavy atom. The summed E-state index contributed by atoms with van der Waals surface area (Å²) in [4.78, 5) is 11.7. The van der Waals surface area contributed by atoms with E-state index in [1.807, 2.05) is 6.07 Å². The van der Waals surface area contributed by atoms with Crippen molar-refractivity contribution >= 4 is 17.5 Å². The van der Waals surface area contributed by atoms with Gasteiger partial charge in [-0.15, -0.1) is 0 Å². The van der Waals surface area contributed by atoms with Gasteiger partial charge in [0.25, 0.3) is 0 Å². The van der Waals surface area contributed by atoms with Crippen LogP contribution in [-0.2, 0) is 17.6 Å². The average molecular weight is 282 g/mol. The van der Waals surface area contributed by atoms with Gasteiger partial charge < -0.3 is 9.73 Å². The number of hydrogen-bond acceptors (Lipinski definition) is 2. The summed E-state index contributed by atoms with van der Waals surface area (Å²) in [6, 6.07) is 6.20. The second-order valence-corrected chi connectivity index (χ2v) is 4.52. The zero-order chi connectivity index (χ0) is 13.7. The normalized spacial score (nSPS) is 10.4. The maximum atomic E-state index is 13.5. The Bertz CT molecular complexity index is 534. The summed E-state index contributed by atoms with van der Waals surface area (Å²) in [5.74, 6) is -0.715. The van der Waals surface area contributed by atoms with E-state index >= 15 is 0 Å². The van der Waals surface area contributed by atoms with Crippen LogP contribution in [0.25, 0.3) is 0 Å². The molecular weight excluding hydrogens is 269 g/mol. The van der Waals surface area contributed by atoms with Gasteiger partial charge in [0.1, 0.15) is 5.82 Å². The van der Waals surface area contributed by atoms with E-state index in [1.54, 1.807) is 18.6 Å². The van der Waals surface area contributed by atoms with Crippen molar-refractivity contribution in [2.75, 3.05) is 6.54 Å². The van der Waals surface area contributed by atoms with Gasteiger partial charge in [-0.25, -0.2) is 4.39 Å². The molecule has 100 valence electrons. The second-order valence-electron chi connectivity index (χ2n) is 4.11. The standard InChI is InChI=1S/C14H13ClFNO2/c15-12-2-1-3-13(16)11(12)8-14(18)17-6-4-10-5-7-19-9-10/h1-3,5,7,9H,4,6,8H2,(H,17,18). The molecule has 2 rings (SSSR count). The van der Waals surface area contributed by atoms with Gasteiger partial charge in [0.15, 0.2) is 0 Å². The van der Waals surface area contributed by atoms with Gasteiger partial charge in [0.05, 0.1) is 18.9 Å². The van der Waals surface area contributed by atoms with Crippen LogP contribution in [0.2, 0.25) is 5.02 Å². The zero-order valence-electron chi connectivity index (χ0n) is 10.2. The largest absolute Gasteiger partial charge is 0.472 e. The van der Waals surface area contributed by atoms with Gasteiger partial charge in [-0.2, -0.15) is 0 Å². The number of amides is 1. The molecule has 0 fully saturated rings. The number of furan rings is 1. The van der Waals surface area contributed by atoms with Crippen molar-refractivity contribution in [3.8, 4) is 0 Å². The van der Waals surface area contributed by atoms with Crippen molar-refractivity contribution in [2.24, 2.45) is 0 Å². The van der Waals surface area contributed by atoms with Crippen molar-refractivity contribution in [3.05, 3.63) is 58.8 Å². The lowest BCUT2D eigenvalue weighted by Crippen LogP contribution is -2.27. The Morgan fingerprint density at radius 1 is 1.37 bits per heavy atom. The number of carbonyl (C=O) groups is 1. The molecule has 1 N–H and O–H groups in total. The fourth-order valence-electron chi connectivity index (χ4n) is 1.71. The highest BCUT2D eigenvalue weighted by molar-refractivity contribution is 6.31. The molecule has 1 amide bonds. The summed E-state index contributed by atoms with van der Waals surface area (Å²) in [7, 11) is 0. The maximum absolute atomic E-state index is 13.5. The van der Waals surface area contributed by atoms with Crippen LogP contribution in [0.1, 0.15) is 11.1 Å². The second kappa shape index (κ2) is 6.38. The van der Waals surface area contributed by atoms with Crippen molar-refractivity contribution in [1.29, 1.82) is 0 Å². The molecule has 1 aromatic heterocycles. The molecule has 0 unspecified atom stereocenters. The van der Waals surface area contributed by atoms with Gasteiger partial charge in [-0.3, -0.25) is 4.79 Å². The monoisotopic (exact) mass is 281 g/mol. The number of halogens is 2. The third-order valence-electron chi connectivity index (χ3n) is 2.71. The lowest BCUT2D eigenvalue weighted by molar-refractivity contribution is -0.120.